The lowest BCUT2D eigenvalue weighted by atomic mass is 10.1. The van der Waals surface area contributed by atoms with Crippen LogP contribution in [0.15, 0.2) is 0 Å². The molecule has 0 aromatic carbocycles. The van der Waals surface area contributed by atoms with Crippen LogP contribution in [-0.4, -0.2) is 63.2 Å². The minimum atomic E-state index is 0.812. The number of rotatable bonds is 5. The van der Waals surface area contributed by atoms with E-state index in [9.17, 15) is 0 Å². The zero-order chi connectivity index (χ0) is 11.1. The lowest BCUT2D eigenvalue weighted by molar-refractivity contribution is 0.217. The molecule has 3 nitrogen and oxygen atoms in total. The first kappa shape index (κ1) is 12.9. The predicted molar refractivity (Wildman–Crippen MR) is 66.3 cm³/mol. The van der Waals surface area contributed by atoms with Crippen LogP contribution in [0.2, 0.25) is 0 Å². The lowest BCUT2D eigenvalue weighted by Crippen LogP contribution is -2.34. The molecule has 1 aliphatic rings. The van der Waals surface area contributed by atoms with Crippen LogP contribution in [0.1, 0.15) is 25.7 Å². The van der Waals surface area contributed by atoms with Crippen molar-refractivity contribution < 1.29 is 0 Å². The zero-order valence-corrected chi connectivity index (χ0v) is 10.6. The summed E-state index contributed by atoms with van der Waals surface area (Å²) in [6.07, 6.45) is 5.34. The van der Waals surface area contributed by atoms with Crippen molar-refractivity contribution in [2.75, 3.05) is 47.3 Å². The number of nitrogens with zero attached hydrogens (tertiary/aromatic N) is 2. The molecule has 1 heterocycles. The van der Waals surface area contributed by atoms with Gasteiger partial charge in [-0.25, -0.2) is 0 Å². The summed E-state index contributed by atoms with van der Waals surface area (Å²) in [4.78, 5) is 5.01. The third-order valence-corrected chi connectivity index (χ3v) is 3.48. The first-order valence-corrected chi connectivity index (χ1v) is 6.27. The lowest BCUT2D eigenvalue weighted by Gasteiger charge is -2.27. The van der Waals surface area contributed by atoms with Crippen LogP contribution in [0.5, 0.6) is 0 Å². The van der Waals surface area contributed by atoms with Gasteiger partial charge in [0.1, 0.15) is 0 Å². The van der Waals surface area contributed by atoms with Gasteiger partial charge in [0.2, 0.25) is 0 Å². The summed E-state index contributed by atoms with van der Waals surface area (Å²) >= 11 is 0. The molecule has 0 amide bonds. The van der Waals surface area contributed by atoms with Crippen molar-refractivity contribution in [3.8, 4) is 0 Å². The second kappa shape index (κ2) is 7.20. The average molecular weight is 213 g/mol. The fraction of sp³-hybridized carbons (Fsp3) is 1.00. The minimum absolute atomic E-state index is 0.812. The van der Waals surface area contributed by atoms with Crippen LogP contribution >= 0.6 is 0 Å². The highest BCUT2D eigenvalue weighted by Gasteiger charge is 2.17. The summed E-state index contributed by atoms with van der Waals surface area (Å²) in [7, 11) is 6.55. The summed E-state index contributed by atoms with van der Waals surface area (Å²) in [5, 5.41) is 3.21. The first-order chi connectivity index (χ1) is 7.24. The van der Waals surface area contributed by atoms with E-state index >= 15 is 0 Å². The number of likely N-dealkylation sites (tertiary alicyclic amines) is 1. The highest BCUT2D eigenvalue weighted by Crippen LogP contribution is 2.14. The van der Waals surface area contributed by atoms with E-state index in [1.54, 1.807) is 0 Å². The molecule has 0 aromatic heterocycles. The van der Waals surface area contributed by atoms with Gasteiger partial charge >= 0.3 is 0 Å². The van der Waals surface area contributed by atoms with Gasteiger partial charge in [0.15, 0.2) is 0 Å². The molecule has 1 aliphatic heterocycles. The Balaban J connectivity index is 2.22. The highest BCUT2D eigenvalue weighted by molar-refractivity contribution is 4.74. The van der Waals surface area contributed by atoms with E-state index in [4.69, 9.17) is 0 Å². The SMILES string of the molecule is CNCCCN(C)C1CCCN(C)CC1. The van der Waals surface area contributed by atoms with Crippen molar-refractivity contribution in [1.82, 2.24) is 15.1 Å². The van der Waals surface area contributed by atoms with Gasteiger partial charge in [-0.2, -0.15) is 0 Å². The second-order valence-corrected chi connectivity index (χ2v) is 4.83. The van der Waals surface area contributed by atoms with Crippen molar-refractivity contribution in [2.24, 2.45) is 0 Å². The Kier molecular flexibility index (Phi) is 6.22. The summed E-state index contributed by atoms with van der Waals surface area (Å²) in [5.41, 5.74) is 0. The molecule has 90 valence electrons. The Morgan fingerprint density at radius 2 is 2.13 bits per heavy atom. The van der Waals surface area contributed by atoms with Crippen LogP contribution in [0.4, 0.5) is 0 Å². The van der Waals surface area contributed by atoms with Gasteiger partial charge in [0, 0.05) is 6.04 Å². The molecule has 1 unspecified atom stereocenters. The molecule has 0 aromatic rings. The highest BCUT2D eigenvalue weighted by atomic mass is 15.2. The number of hydrogen-bond donors (Lipinski definition) is 1. The van der Waals surface area contributed by atoms with Crippen LogP contribution in [0, 0.1) is 0 Å². The van der Waals surface area contributed by atoms with E-state index in [1.807, 2.05) is 7.05 Å². The van der Waals surface area contributed by atoms with Crippen LogP contribution < -0.4 is 5.32 Å². The maximum Gasteiger partial charge on any atom is 0.0105 e. The Hall–Kier alpha value is -0.120. The van der Waals surface area contributed by atoms with Gasteiger partial charge in [-0.05, 0) is 73.0 Å². The van der Waals surface area contributed by atoms with Crippen molar-refractivity contribution >= 4 is 0 Å². The van der Waals surface area contributed by atoms with Crippen LogP contribution in [0.3, 0.4) is 0 Å². The van der Waals surface area contributed by atoms with Crippen LogP contribution in [0.25, 0.3) is 0 Å². The molecule has 0 spiro atoms. The normalized spacial score (nSPS) is 24.4. The van der Waals surface area contributed by atoms with Crippen molar-refractivity contribution in [1.29, 1.82) is 0 Å². The minimum Gasteiger partial charge on any atom is -0.320 e. The topological polar surface area (TPSA) is 18.5 Å². The van der Waals surface area contributed by atoms with Crippen molar-refractivity contribution in [3.63, 3.8) is 0 Å². The van der Waals surface area contributed by atoms with Gasteiger partial charge in [0.25, 0.3) is 0 Å². The van der Waals surface area contributed by atoms with E-state index in [1.165, 1.54) is 45.3 Å². The third-order valence-electron chi connectivity index (χ3n) is 3.48. The number of nitrogens with one attached hydrogen (secondary N) is 1. The first-order valence-electron chi connectivity index (χ1n) is 6.27. The molecule has 3 heteroatoms. The molecule has 1 saturated heterocycles. The largest absolute Gasteiger partial charge is 0.320 e. The summed E-state index contributed by atoms with van der Waals surface area (Å²) in [6, 6.07) is 0.812. The van der Waals surface area contributed by atoms with E-state index in [0.717, 1.165) is 12.6 Å². The molecule has 0 bridgehead atoms. The van der Waals surface area contributed by atoms with Gasteiger partial charge in [0.05, 0.1) is 0 Å². The van der Waals surface area contributed by atoms with E-state index in [-0.39, 0.29) is 0 Å². The van der Waals surface area contributed by atoms with Crippen molar-refractivity contribution in [2.45, 2.75) is 31.7 Å². The zero-order valence-electron chi connectivity index (χ0n) is 10.6. The molecule has 0 saturated carbocycles. The maximum atomic E-state index is 3.21. The Morgan fingerprint density at radius 3 is 2.87 bits per heavy atom. The summed E-state index contributed by atoms with van der Waals surface area (Å²) in [5.74, 6) is 0. The number of hydrogen-bond acceptors (Lipinski definition) is 3. The fourth-order valence-electron chi connectivity index (χ4n) is 2.35. The average Bonchev–Trinajstić information content (AvgIpc) is 2.43. The van der Waals surface area contributed by atoms with Gasteiger partial charge in [-0.3, -0.25) is 0 Å². The quantitative estimate of drug-likeness (QED) is 0.688. The Labute approximate surface area is 94.8 Å². The van der Waals surface area contributed by atoms with E-state index in [2.05, 4.69) is 29.2 Å². The van der Waals surface area contributed by atoms with Gasteiger partial charge < -0.3 is 15.1 Å². The molecule has 1 N–H and O–H groups in total. The van der Waals surface area contributed by atoms with E-state index < -0.39 is 0 Å². The molecule has 1 fully saturated rings. The summed E-state index contributed by atoms with van der Waals surface area (Å²) in [6.45, 7) is 4.91. The molecule has 0 radical (unpaired) electrons. The van der Waals surface area contributed by atoms with E-state index in [0.29, 0.717) is 0 Å². The standard InChI is InChI=1S/C12H27N3/c1-13-8-5-10-15(3)12-6-4-9-14(2)11-7-12/h12-13H,4-11H2,1-3H3. The van der Waals surface area contributed by atoms with Gasteiger partial charge in [-0.15, -0.1) is 0 Å². The Bertz CT molecular complexity index is 161. The molecular formula is C12H27N3. The van der Waals surface area contributed by atoms with Crippen molar-refractivity contribution in [3.05, 3.63) is 0 Å². The predicted octanol–water partition coefficient (Wildman–Crippen LogP) is 1.01. The monoisotopic (exact) mass is 213 g/mol. The summed E-state index contributed by atoms with van der Waals surface area (Å²) < 4.78 is 0. The second-order valence-electron chi connectivity index (χ2n) is 4.83. The molecular weight excluding hydrogens is 186 g/mol. The van der Waals surface area contributed by atoms with Gasteiger partial charge in [-0.1, -0.05) is 0 Å². The maximum absolute atomic E-state index is 3.21. The Morgan fingerprint density at radius 1 is 1.33 bits per heavy atom. The molecule has 15 heavy (non-hydrogen) atoms. The van der Waals surface area contributed by atoms with Crippen LogP contribution in [-0.2, 0) is 0 Å². The fourth-order valence-corrected chi connectivity index (χ4v) is 2.35. The molecule has 1 atom stereocenters. The molecule has 0 aliphatic carbocycles. The third kappa shape index (κ3) is 4.96. The molecule has 1 rings (SSSR count). The smallest absolute Gasteiger partial charge is 0.0105 e.